The van der Waals surface area contributed by atoms with E-state index in [2.05, 4.69) is 5.32 Å². The Morgan fingerprint density at radius 2 is 2.40 bits per heavy atom. The first-order valence-electron chi connectivity index (χ1n) is 5.46. The molecular formula is C10H20N2O3. The van der Waals surface area contributed by atoms with Gasteiger partial charge in [0.05, 0.1) is 24.9 Å². The van der Waals surface area contributed by atoms with Gasteiger partial charge in [-0.2, -0.15) is 0 Å². The van der Waals surface area contributed by atoms with Crippen LogP contribution in [0.2, 0.25) is 0 Å². The highest BCUT2D eigenvalue weighted by Crippen LogP contribution is 2.21. The van der Waals surface area contributed by atoms with Gasteiger partial charge < -0.3 is 20.5 Å². The molecule has 15 heavy (non-hydrogen) atoms. The van der Waals surface area contributed by atoms with Crippen LogP contribution < -0.4 is 11.1 Å². The number of amides is 1. The highest BCUT2D eigenvalue weighted by Gasteiger charge is 2.29. The Morgan fingerprint density at radius 1 is 1.67 bits per heavy atom. The van der Waals surface area contributed by atoms with Gasteiger partial charge in [-0.3, -0.25) is 0 Å². The minimum Gasteiger partial charge on any atom is -0.450 e. The first-order chi connectivity index (χ1) is 7.17. The van der Waals surface area contributed by atoms with Crippen LogP contribution in [0.4, 0.5) is 4.79 Å². The minimum absolute atomic E-state index is 0.0226. The van der Waals surface area contributed by atoms with E-state index in [1.54, 1.807) is 6.92 Å². The fourth-order valence-corrected chi connectivity index (χ4v) is 1.76. The number of nitrogens with two attached hydrogens (primary N) is 1. The summed E-state index contributed by atoms with van der Waals surface area (Å²) < 4.78 is 10.4. The van der Waals surface area contributed by atoms with Crippen LogP contribution >= 0.6 is 0 Å². The third-order valence-electron chi connectivity index (χ3n) is 2.55. The summed E-state index contributed by atoms with van der Waals surface area (Å²) in [5.74, 6) is 0. The van der Waals surface area contributed by atoms with Crippen molar-refractivity contribution >= 4 is 6.09 Å². The average molecular weight is 216 g/mol. The molecule has 1 amide bonds. The summed E-state index contributed by atoms with van der Waals surface area (Å²) in [6.45, 7) is 4.53. The quantitative estimate of drug-likeness (QED) is 0.722. The predicted octanol–water partition coefficient (Wildman–Crippen LogP) is 0.627. The number of alkyl carbamates (subject to hydrolysis) is 1. The van der Waals surface area contributed by atoms with Gasteiger partial charge in [0.1, 0.15) is 0 Å². The van der Waals surface area contributed by atoms with Crippen LogP contribution in [0.25, 0.3) is 0 Å². The van der Waals surface area contributed by atoms with Gasteiger partial charge in [0.25, 0.3) is 0 Å². The van der Waals surface area contributed by atoms with E-state index in [0.29, 0.717) is 13.2 Å². The molecule has 1 saturated heterocycles. The Labute approximate surface area is 90.3 Å². The molecular weight excluding hydrogens is 196 g/mol. The lowest BCUT2D eigenvalue weighted by Crippen LogP contribution is -2.48. The lowest BCUT2D eigenvalue weighted by atomic mass is 10.1. The maximum atomic E-state index is 11.2. The molecule has 0 saturated carbocycles. The number of ether oxygens (including phenoxy) is 2. The van der Waals surface area contributed by atoms with Gasteiger partial charge >= 0.3 is 6.09 Å². The number of rotatable bonds is 4. The van der Waals surface area contributed by atoms with E-state index in [9.17, 15) is 4.79 Å². The average Bonchev–Trinajstić information content (AvgIpc) is 2.61. The summed E-state index contributed by atoms with van der Waals surface area (Å²) in [6.07, 6.45) is 1.82. The van der Waals surface area contributed by atoms with Crippen molar-refractivity contribution in [2.45, 2.75) is 44.9 Å². The molecule has 0 aromatic heterocycles. The molecule has 1 fully saturated rings. The molecule has 1 heterocycles. The number of carbonyl (C=O) groups is 1. The first kappa shape index (κ1) is 12.3. The zero-order valence-corrected chi connectivity index (χ0v) is 9.36. The van der Waals surface area contributed by atoms with Crippen molar-refractivity contribution in [2.24, 2.45) is 5.73 Å². The smallest absolute Gasteiger partial charge is 0.407 e. The largest absolute Gasteiger partial charge is 0.450 e. The van der Waals surface area contributed by atoms with Gasteiger partial charge in [-0.1, -0.05) is 0 Å². The van der Waals surface area contributed by atoms with Crippen LogP contribution in [0.1, 0.15) is 26.7 Å². The summed E-state index contributed by atoms with van der Waals surface area (Å²) in [7, 11) is 0. The Kier molecular flexibility index (Phi) is 4.84. The van der Waals surface area contributed by atoms with Crippen LogP contribution in [0.5, 0.6) is 0 Å². The predicted molar refractivity (Wildman–Crippen MR) is 56.6 cm³/mol. The van der Waals surface area contributed by atoms with Gasteiger partial charge in [0, 0.05) is 6.54 Å². The summed E-state index contributed by atoms with van der Waals surface area (Å²) in [4.78, 5) is 11.2. The van der Waals surface area contributed by atoms with Crippen molar-refractivity contribution < 1.29 is 14.3 Å². The molecule has 0 radical (unpaired) electrons. The van der Waals surface area contributed by atoms with Gasteiger partial charge in [-0.05, 0) is 26.7 Å². The molecule has 1 rings (SSSR count). The lowest BCUT2D eigenvalue weighted by Gasteiger charge is -2.22. The standard InChI is InChI=1S/C10H20N2O3/c1-3-14-10(13)12-8(6-11)9-5-4-7(2)15-9/h7-9H,3-6,11H2,1-2H3,(H,12,13). The van der Waals surface area contributed by atoms with Crippen molar-refractivity contribution in [1.82, 2.24) is 5.32 Å². The Hall–Kier alpha value is -0.810. The summed E-state index contributed by atoms with van der Waals surface area (Å²) in [6, 6.07) is -0.144. The fourth-order valence-electron chi connectivity index (χ4n) is 1.76. The van der Waals surface area contributed by atoms with Gasteiger partial charge in [-0.15, -0.1) is 0 Å². The van der Waals surface area contributed by atoms with Crippen LogP contribution in [-0.4, -0.2) is 37.5 Å². The molecule has 1 aliphatic heterocycles. The number of hydrogen-bond acceptors (Lipinski definition) is 4. The first-order valence-corrected chi connectivity index (χ1v) is 5.46. The number of hydrogen-bond donors (Lipinski definition) is 2. The zero-order chi connectivity index (χ0) is 11.3. The molecule has 88 valence electrons. The second-order valence-corrected chi connectivity index (χ2v) is 3.77. The van der Waals surface area contributed by atoms with Gasteiger partial charge in [-0.25, -0.2) is 4.79 Å². The van der Waals surface area contributed by atoms with Crippen LogP contribution in [0.15, 0.2) is 0 Å². The van der Waals surface area contributed by atoms with E-state index in [1.165, 1.54) is 0 Å². The molecule has 0 aromatic rings. The fraction of sp³-hybridized carbons (Fsp3) is 0.900. The van der Waals surface area contributed by atoms with E-state index < -0.39 is 6.09 Å². The zero-order valence-electron chi connectivity index (χ0n) is 9.36. The van der Waals surface area contributed by atoms with Gasteiger partial charge in [0.2, 0.25) is 0 Å². The maximum Gasteiger partial charge on any atom is 0.407 e. The molecule has 0 spiro atoms. The Balaban J connectivity index is 2.38. The topological polar surface area (TPSA) is 73.6 Å². The monoisotopic (exact) mass is 216 g/mol. The van der Waals surface area contributed by atoms with E-state index >= 15 is 0 Å². The molecule has 5 nitrogen and oxygen atoms in total. The SMILES string of the molecule is CCOC(=O)NC(CN)C1CCC(C)O1. The Bertz CT molecular complexity index is 211. The highest BCUT2D eigenvalue weighted by atomic mass is 16.5. The molecule has 0 bridgehead atoms. The summed E-state index contributed by atoms with van der Waals surface area (Å²) in [5, 5.41) is 2.72. The summed E-state index contributed by atoms with van der Waals surface area (Å²) in [5.41, 5.74) is 5.59. The molecule has 5 heteroatoms. The Morgan fingerprint density at radius 3 is 2.87 bits per heavy atom. The van der Waals surface area contributed by atoms with Crippen molar-refractivity contribution in [2.75, 3.05) is 13.2 Å². The third-order valence-corrected chi connectivity index (χ3v) is 2.55. The minimum atomic E-state index is -0.420. The van der Waals surface area contributed by atoms with Crippen molar-refractivity contribution in [3.63, 3.8) is 0 Å². The second-order valence-electron chi connectivity index (χ2n) is 3.77. The van der Waals surface area contributed by atoms with E-state index in [0.717, 1.165) is 12.8 Å². The highest BCUT2D eigenvalue weighted by molar-refractivity contribution is 5.67. The lowest BCUT2D eigenvalue weighted by molar-refractivity contribution is 0.0324. The normalized spacial score (nSPS) is 27.4. The van der Waals surface area contributed by atoms with Crippen LogP contribution in [0, 0.1) is 0 Å². The van der Waals surface area contributed by atoms with E-state index in [-0.39, 0.29) is 18.2 Å². The molecule has 3 atom stereocenters. The van der Waals surface area contributed by atoms with Crippen LogP contribution in [0.3, 0.4) is 0 Å². The van der Waals surface area contributed by atoms with Crippen molar-refractivity contribution in [1.29, 1.82) is 0 Å². The van der Waals surface area contributed by atoms with E-state index in [1.807, 2.05) is 6.92 Å². The number of carbonyl (C=O) groups excluding carboxylic acids is 1. The summed E-state index contributed by atoms with van der Waals surface area (Å²) >= 11 is 0. The molecule has 3 N–H and O–H groups in total. The maximum absolute atomic E-state index is 11.2. The van der Waals surface area contributed by atoms with Gasteiger partial charge in [0.15, 0.2) is 0 Å². The van der Waals surface area contributed by atoms with Crippen LogP contribution in [-0.2, 0) is 9.47 Å². The van der Waals surface area contributed by atoms with Crippen molar-refractivity contribution in [3.8, 4) is 0 Å². The molecule has 0 aromatic carbocycles. The second kappa shape index (κ2) is 5.92. The molecule has 1 aliphatic rings. The number of nitrogens with one attached hydrogen (secondary N) is 1. The molecule has 3 unspecified atom stereocenters. The third kappa shape index (κ3) is 3.68. The van der Waals surface area contributed by atoms with E-state index in [4.69, 9.17) is 15.2 Å². The van der Waals surface area contributed by atoms with Crippen molar-refractivity contribution in [3.05, 3.63) is 0 Å². The molecule has 0 aliphatic carbocycles.